The second kappa shape index (κ2) is 5.53. The summed E-state index contributed by atoms with van der Waals surface area (Å²) in [5, 5.41) is 8.91. The SMILES string of the molecule is Cc1cccc(COc2c(C)cc(C#N)cc2C)n1. The molecule has 0 atom stereocenters. The lowest BCUT2D eigenvalue weighted by Crippen LogP contribution is -2.02. The molecule has 1 aromatic carbocycles. The summed E-state index contributed by atoms with van der Waals surface area (Å²) in [7, 11) is 0. The number of benzene rings is 1. The molecule has 0 spiro atoms. The molecule has 0 fully saturated rings. The quantitative estimate of drug-likeness (QED) is 0.840. The third kappa shape index (κ3) is 3.11. The third-order valence-electron chi connectivity index (χ3n) is 2.90. The van der Waals surface area contributed by atoms with Gasteiger partial charge in [0.05, 0.1) is 17.3 Å². The van der Waals surface area contributed by atoms with E-state index in [-0.39, 0.29) is 0 Å². The molecule has 0 saturated carbocycles. The van der Waals surface area contributed by atoms with Gasteiger partial charge in [0.15, 0.2) is 0 Å². The van der Waals surface area contributed by atoms with E-state index in [1.165, 1.54) is 0 Å². The lowest BCUT2D eigenvalue weighted by Gasteiger charge is -2.12. The third-order valence-corrected chi connectivity index (χ3v) is 2.90. The maximum atomic E-state index is 8.91. The number of nitrogens with zero attached hydrogens (tertiary/aromatic N) is 2. The number of hydrogen-bond donors (Lipinski definition) is 0. The molecule has 19 heavy (non-hydrogen) atoms. The second-order valence-corrected chi connectivity index (χ2v) is 4.61. The molecular formula is C16H16N2O. The Hall–Kier alpha value is -2.34. The van der Waals surface area contributed by atoms with Crippen LogP contribution in [0.5, 0.6) is 5.75 Å². The van der Waals surface area contributed by atoms with Crippen LogP contribution in [0.15, 0.2) is 30.3 Å². The molecule has 0 unspecified atom stereocenters. The standard InChI is InChI=1S/C16H16N2O/c1-11-7-14(9-17)8-12(2)16(11)19-10-15-6-4-5-13(3)18-15/h4-8H,10H2,1-3H3. The molecule has 1 heterocycles. The van der Waals surface area contributed by atoms with E-state index in [1.54, 1.807) is 0 Å². The highest BCUT2D eigenvalue weighted by Gasteiger charge is 2.07. The molecule has 0 radical (unpaired) electrons. The van der Waals surface area contributed by atoms with Gasteiger partial charge in [-0.1, -0.05) is 6.07 Å². The second-order valence-electron chi connectivity index (χ2n) is 4.61. The summed E-state index contributed by atoms with van der Waals surface area (Å²) in [6.45, 7) is 6.30. The van der Waals surface area contributed by atoms with Crippen molar-refractivity contribution in [3.8, 4) is 11.8 Å². The number of rotatable bonds is 3. The molecule has 0 bridgehead atoms. The topological polar surface area (TPSA) is 45.9 Å². The molecule has 0 aliphatic heterocycles. The largest absolute Gasteiger partial charge is 0.487 e. The van der Waals surface area contributed by atoms with Crippen LogP contribution in [-0.2, 0) is 6.61 Å². The van der Waals surface area contributed by atoms with E-state index in [1.807, 2.05) is 51.1 Å². The average molecular weight is 252 g/mol. The van der Waals surface area contributed by atoms with Gasteiger partial charge in [-0.25, -0.2) is 0 Å². The van der Waals surface area contributed by atoms with Gasteiger partial charge in [0, 0.05) is 5.69 Å². The first-order valence-corrected chi connectivity index (χ1v) is 6.17. The average Bonchev–Trinajstić information content (AvgIpc) is 2.37. The van der Waals surface area contributed by atoms with Crippen LogP contribution in [-0.4, -0.2) is 4.98 Å². The predicted octanol–water partition coefficient (Wildman–Crippen LogP) is 3.46. The fourth-order valence-electron chi connectivity index (χ4n) is 2.07. The van der Waals surface area contributed by atoms with Gasteiger partial charge in [0.1, 0.15) is 12.4 Å². The number of aromatic nitrogens is 1. The predicted molar refractivity (Wildman–Crippen MR) is 73.9 cm³/mol. The van der Waals surface area contributed by atoms with Gasteiger partial charge in [-0.3, -0.25) is 4.98 Å². The Labute approximate surface area is 113 Å². The number of pyridine rings is 1. The van der Waals surface area contributed by atoms with Crippen molar-refractivity contribution in [2.45, 2.75) is 27.4 Å². The molecule has 3 nitrogen and oxygen atoms in total. The van der Waals surface area contributed by atoms with Crippen molar-refractivity contribution in [3.05, 3.63) is 58.4 Å². The number of hydrogen-bond acceptors (Lipinski definition) is 3. The Morgan fingerprint density at radius 3 is 2.42 bits per heavy atom. The van der Waals surface area contributed by atoms with Gasteiger partial charge in [-0.05, 0) is 56.2 Å². The summed E-state index contributed by atoms with van der Waals surface area (Å²) >= 11 is 0. The molecule has 2 aromatic rings. The Morgan fingerprint density at radius 2 is 1.84 bits per heavy atom. The highest BCUT2D eigenvalue weighted by atomic mass is 16.5. The van der Waals surface area contributed by atoms with Crippen LogP contribution in [0.3, 0.4) is 0 Å². The molecule has 0 aliphatic carbocycles. The van der Waals surface area contributed by atoms with E-state index >= 15 is 0 Å². The van der Waals surface area contributed by atoms with Crippen LogP contribution in [0, 0.1) is 32.1 Å². The maximum Gasteiger partial charge on any atom is 0.130 e. The number of ether oxygens (including phenoxy) is 1. The van der Waals surface area contributed by atoms with Gasteiger partial charge < -0.3 is 4.74 Å². The van der Waals surface area contributed by atoms with Gasteiger partial charge >= 0.3 is 0 Å². The van der Waals surface area contributed by atoms with Crippen molar-refractivity contribution in [2.24, 2.45) is 0 Å². The molecular weight excluding hydrogens is 236 g/mol. The summed E-state index contributed by atoms with van der Waals surface area (Å²) in [6.07, 6.45) is 0. The van der Waals surface area contributed by atoms with E-state index < -0.39 is 0 Å². The normalized spacial score (nSPS) is 10.0. The van der Waals surface area contributed by atoms with Crippen LogP contribution in [0.4, 0.5) is 0 Å². The van der Waals surface area contributed by atoms with Gasteiger partial charge in [-0.2, -0.15) is 5.26 Å². The van der Waals surface area contributed by atoms with E-state index in [0.29, 0.717) is 12.2 Å². The fraction of sp³-hybridized carbons (Fsp3) is 0.250. The van der Waals surface area contributed by atoms with Gasteiger partial charge in [-0.15, -0.1) is 0 Å². The van der Waals surface area contributed by atoms with Gasteiger partial charge in [0.2, 0.25) is 0 Å². The smallest absolute Gasteiger partial charge is 0.130 e. The summed E-state index contributed by atoms with van der Waals surface area (Å²) in [5.74, 6) is 0.835. The Balaban J connectivity index is 2.18. The number of nitriles is 1. The molecule has 0 amide bonds. The zero-order valence-corrected chi connectivity index (χ0v) is 11.4. The molecule has 2 rings (SSSR count). The van der Waals surface area contributed by atoms with Crippen LogP contribution >= 0.6 is 0 Å². The Morgan fingerprint density at radius 1 is 1.16 bits per heavy atom. The minimum Gasteiger partial charge on any atom is -0.487 e. The summed E-state index contributed by atoms with van der Waals surface area (Å²) in [5.41, 5.74) is 4.50. The molecule has 3 heteroatoms. The minimum atomic E-state index is 0.440. The molecule has 0 N–H and O–H groups in total. The van der Waals surface area contributed by atoms with Crippen LogP contribution in [0.2, 0.25) is 0 Å². The van der Waals surface area contributed by atoms with E-state index in [0.717, 1.165) is 28.3 Å². The Kier molecular flexibility index (Phi) is 3.82. The summed E-state index contributed by atoms with van der Waals surface area (Å²) < 4.78 is 5.84. The zero-order chi connectivity index (χ0) is 13.8. The van der Waals surface area contributed by atoms with E-state index in [2.05, 4.69) is 11.1 Å². The summed E-state index contributed by atoms with van der Waals surface area (Å²) in [6, 6.07) is 11.7. The van der Waals surface area contributed by atoms with Crippen molar-refractivity contribution in [1.82, 2.24) is 4.98 Å². The fourth-order valence-corrected chi connectivity index (χ4v) is 2.07. The van der Waals surface area contributed by atoms with Crippen molar-refractivity contribution in [3.63, 3.8) is 0 Å². The van der Waals surface area contributed by atoms with Crippen LogP contribution in [0.25, 0.3) is 0 Å². The van der Waals surface area contributed by atoms with E-state index in [4.69, 9.17) is 10.00 Å². The van der Waals surface area contributed by atoms with Crippen LogP contribution < -0.4 is 4.74 Å². The molecule has 1 aromatic heterocycles. The first kappa shape index (κ1) is 13.1. The Bertz CT molecular complexity index is 618. The minimum absolute atomic E-state index is 0.440. The van der Waals surface area contributed by atoms with Crippen LogP contribution in [0.1, 0.15) is 28.1 Å². The molecule has 0 saturated heterocycles. The molecule has 96 valence electrons. The maximum absolute atomic E-state index is 8.91. The van der Waals surface area contributed by atoms with Crippen molar-refractivity contribution in [2.75, 3.05) is 0 Å². The monoisotopic (exact) mass is 252 g/mol. The lowest BCUT2D eigenvalue weighted by molar-refractivity contribution is 0.297. The summed E-state index contributed by atoms with van der Waals surface area (Å²) in [4.78, 5) is 4.40. The number of aryl methyl sites for hydroxylation is 3. The van der Waals surface area contributed by atoms with Crippen molar-refractivity contribution < 1.29 is 4.74 Å². The van der Waals surface area contributed by atoms with E-state index in [9.17, 15) is 0 Å². The first-order chi connectivity index (χ1) is 9.10. The lowest BCUT2D eigenvalue weighted by atomic mass is 10.1. The van der Waals surface area contributed by atoms with Crippen molar-refractivity contribution in [1.29, 1.82) is 5.26 Å². The molecule has 0 aliphatic rings. The highest BCUT2D eigenvalue weighted by molar-refractivity contribution is 5.47. The zero-order valence-electron chi connectivity index (χ0n) is 11.4. The first-order valence-electron chi connectivity index (χ1n) is 6.17. The highest BCUT2D eigenvalue weighted by Crippen LogP contribution is 2.25. The van der Waals surface area contributed by atoms with Gasteiger partial charge in [0.25, 0.3) is 0 Å². The van der Waals surface area contributed by atoms with Crippen molar-refractivity contribution >= 4 is 0 Å².